The van der Waals surface area contributed by atoms with Gasteiger partial charge in [-0.1, -0.05) is 6.07 Å². The number of primary amides is 1. The summed E-state index contributed by atoms with van der Waals surface area (Å²) in [7, 11) is 0. The van der Waals surface area contributed by atoms with Crippen molar-refractivity contribution in [3.63, 3.8) is 0 Å². The molecule has 0 saturated heterocycles. The predicted molar refractivity (Wildman–Crippen MR) is 110 cm³/mol. The van der Waals surface area contributed by atoms with Crippen LogP contribution >= 0.6 is 11.3 Å². The summed E-state index contributed by atoms with van der Waals surface area (Å²) in [5.41, 5.74) is 6.53. The lowest BCUT2D eigenvalue weighted by molar-refractivity contribution is -0.116. The van der Waals surface area contributed by atoms with E-state index in [9.17, 15) is 19.2 Å². The number of aryl methyl sites for hydroxylation is 1. The topological polar surface area (TPSA) is 142 Å². The first-order chi connectivity index (χ1) is 13.9. The number of nitrogens with one attached hydrogen (secondary N) is 4. The maximum absolute atomic E-state index is 12.6. The highest BCUT2D eigenvalue weighted by molar-refractivity contribution is 7.14. The van der Waals surface area contributed by atoms with Crippen molar-refractivity contribution >= 4 is 46.5 Å². The first-order valence-corrected chi connectivity index (χ1v) is 9.89. The fourth-order valence-corrected chi connectivity index (χ4v) is 3.95. The Morgan fingerprint density at radius 2 is 1.90 bits per heavy atom. The van der Waals surface area contributed by atoms with Crippen LogP contribution in [0, 0.1) is 0 Å². The van der Waals surface area contributed by atoms with Crippen LogP contribution in [0.1, 0.15) is 37.7 Å². The Bertz CT molecular complexity index is 956. The van der Waals surface area contributed by atoms with Crippen LogP contribution in [0.15, 0.2) is 30.3 Å². The second-order valence-electron chi connectivity index (χ2n) is 6.43. The van der Waals surface area contributed by atoms with Crippen molar-refractivity contribution in [1.82, 2.24) is 10.6 Å². The molecule has 1 aliphatic rings. The van der Waals surface area contributed by atoms with Crippen LogP contribution in [0.25, 0.3) is 0 Å². The minimum atomic E-state index is -0.689. The number of nitrogens with two attached hydrogens (primary N) is 1. The highest BCUT2D eigenvalue weighted by Gasteiger charge is 2.21. The molecule has 0 unspecified atom stereocenters. The number of rotatable bonds is 6. The second kappa shape index (κ2) is 9.20. The molecule has 0 bridgehead atoms. The Kier molecular flexibility index (Phi) is 6.45. The van der Waals surface area contributed by atoms with Crippen LogP contribution in [-0.2, 0) is 11.2 Å². The zero-order valence-corrected chi connectivity index (χ0v) is 16.4. The normalized spacial score (nSPS) is 12.9. The Morgan fingerprint density at radius 3 is 2.66 bits per heavy atom. The van der Waals surface area contributed by atoms with Gasteiger partial charge in [0.25, 0.3) is 11.8 Å². The highest BCUT2D eigenvalue weighted by Crippen LogP contribution is 2.26. The van der Waals surface area contributed by atoms with E-state index in [-0.39, 0.29) is 30.7 Å². The van der Waals surface area contributed by atoms with Gasteiger partial charge in [0.05, 0.1) is 10.4 Å². The predicted octanol–water partition coefficient (Wildman–Crippen LogP) is 1.67. The summed E-state index contributed by atoms with van der Waals surface area (Å²) in [6.07, 6.45) is 1.68. The number of anilines is 2. The molecule has 9 nitrogen and oxygen atoms in total. The van der Waals surface area contributed by atoms with E-state index in [1.54, 1.807) is 30.3 Å². The van der Waals surface area contributed by atoms with Crippen molar-refractivity contribution in [2.24, 2.45) is 5.73 Å². The van der Waals surface area contributed by atoms with Gasteiger partial charge < -0.3 is 27.0 Å². The van der Waals surface area contributed by atoms with Gasteiger partial charge in [-0.25, -0.2) is 4.79 Å². The summed E-state index contributed by atoms with van der Waals surface area (Å²) < 4.78 is 0. The molecule has 1 aliphatic heterocycles. The quantitative estimate of drug-likeness (QED) is 0.489. The first-order valence-electron chi connectivity index (χ1n) is 9.08. The van der Waals surface area contributed by atoms with Crippen LogP contribution in [-0.4, -0.2) is 36.8 Å². The van der Waals surface area contributed by atoms with Gasteiger partial charge in [-0.2, -0.15) is 0 Å². The molecule has 0 spiro atoms. The minimum Gasteiger partial charge on any atom is -0.352 e. The molecule has 152 valence electrons. The average molecular weight is 415 g/mol. The Hall–Kier alpha value is -3.40. The maximum Gasteiger partial charge on any atom is 0.312 e. The lowest BCUT2D eigenvalue weighted by Crippen LogP contribution is -2.32. The summed E-state index contributed by atoms with van der Waals surface area (Å²) in [5, 5.41) is 10.6. The summed E-state index contributed by atoms with van der Waals surface area (Å²) in [6, 6.07) is 7.64. The summed E-state index contributed by atoms with van der Waals surface area (Å²) in [5.74, 6) is -0.761. The second-order valence-corrected chi connectivity index (χ2v) is 7.57. The van der Waals surface area contributed by atoms with E-state index in [1.165, 1.54) is 11.3 Å². The molecule has 2 heterocycles. The number of thiophene rings is 1. The monoisotopic (exact) mass is 415 g/mol. The van der Waals surface area contributed by atoms with E-state index in [2.05, 4.69) is 21.3 Å². The molecular weight excluding hydrogens is 394 g/mol. The van der Waals surface area contributed by atoms with Crippen molar-refractivity contribution in [3.05, 3.63) is 45.6 Å². The molecule has 5 amide bonds. The number of carbonyl (C=O) groups excluding carboxylic acids is 4. The zero-order chi connectivity index (χ0) is 20.8. The van der Waals surface area contributed by atoms with Gasteiger partial charge in [0, 0.05) is 35.8 Å². The molecule has 29 heavy (non-hydrogen) atoms. The molecule has 1 aromatic carbocycles. The molecule has 0 radical (unpaired) electrons. The molecule has 6 N–H and O–H groups in total. The van der Waals surface area contributed by atoms with Gasteiger partial charge in [-0.05, 0) is 37.1 Å². The first kappa shape index (κ1) is 20.3. The van der Waals surface area contributed by atoms with Crippen LogP contribution in [0.4, 0.5) is 16.2 Å². The van der Waals surface area contributed by atoms with E-state index in [1.807, 2.05) is 0 Å². The Labute approximate surface area is 171 Å². The summed E-state index contributed by atoms with van der Waals surface area (Å²) in [4.78, 5) is 48.5. The van der Waals surface area contributed by atoms with Crippen LogP contribution in [0.5, 0.6) is 0 Å². The van der Waals surface area contributed by atoms with Crippen LogP contribution in [0.2, 0.25) is 0 Å². The lowest BCUT2D eigenvalue weighted by atomic mass is 10.2. The maximum atomic E-state index is 12.6. The van der Waals surface area contributed by atoms with Crippen molar-refractivity contribution in [2.45, 2.75) is 19.3 Å². The van der Waals surface area contributed by atoms with Gasteiger partial charge in [-0.15, -0.1) is 11.3 Å². The molecule has 0 saturated carbocycles. The third kappa shape index (κ3) is 5.55. The third-order valence-electron chi connectivity index (χ3n) is 4.20. The summed E-state index contributed by atoms with van der Waals surface area (Å²) >= 11 is 1.32. The van der Waals surface area contributed by atoms with Crippen molar-refractivity contribution in [3.8, 4) is 0 Å². The smallest absolute Gasteiger partial charge is 0.312 e. The third-order valence-corrected chi connectivity index (χ3v) is 5.39. The van der Waals surface area contributed by atoms with E-state index in [4.69, 9.17) is 5.73 Å². The standard InChI is InChI=1S/C19H21N5O4S/c20-19(28)22-8-6-16(25)23-11-3-1-4-12(9-11)24-18(27)15-10-13-14(29-15)5-2-7-21-17(13)26/h1,3-4,9-10H,2,5-8H2,(H,21,26)(H,23,25)(H,24,27)(H3,20,22,28). The molecule has 0 aliphatic carbocycles. The fraction of sp³-hybridized carbons (Fsp3) is 0.263. The fourth-order valence-electron chi connectivity index (χ4n) is 2.85. The van der Waals surface area contributed by atoms with Gasteiger partial charge >= 0.3 is 6.03 Å². The molecule has 1 aromatic heterocycles. The number of hydrogen-bond acceptors (Lipinski definition) is 5. The summed E-state index contributed by atoms with van der Waals surface area (Å²) in [6.45, 7) is 0.771. The van der Waals surface area contributed by atoms with Crippen molar-refractivity contribution < 1.29 is 19.2 Å². The number of urea groups is 1. The van der Waals surface area contributed by atoms with Crippen molar-refractivity contribution in [1.29, 1.82) is 0 Å². The molecule has 2 aromatic rings. The van der Waals surface area contributed by atoms with Crippen LogP contribution in [0.3, 0.4) is 0 Å². The molecule has 0 fully saturated rings. The molecule has 10 heteroatoms. The van der Waals surface area contributed by atoms with E-state index >= 15 is 0 Å². The molecular formula is C19H21N5O4S. The zero-order valence-electron chi connectivity index (χ0n) is 15.5. The van der Waals surface area contributed by atoms with Crippen molar-refractivity contribution in [2.75, 3.05) is 23.7 Å². The molecule has 0 atom stereocenters. The van der Waals surface area contributed by atoms with Gasteiger partial charge in [0.15, 0.2) is 0 Å². The van der Waals surface area contributed by atoms with E-state index < -0.39 is 6.03 Å². The lowest BCUT2D eigenvalue weighted by Gasteiger charge is -2.08. The van der Waals surface area contributed by atoms with Gasteiger partial charge in [0.2, 0.25) is 5.91 Å². The number of fused-ring (bicyclic) bond motifs is 1. The van der Waals surface area contributed by atoms with E-state index in [0.29, 0.717) is 28.4 Å². The highest BCUT2D eigenvalue weighted by atomic mass is 32.1. The SMILES string of the molecule is NC(=O)NCCC(=O)Nc1cccc(NC(=O)c2cc3c(s2)CCCNC3=O)c1. The number of benzene rings is 1. The number of amides is 5. The number of carbonyl (C=O) groups is 4. The number of hydrogen-bond donors (Lipinski definition) is 5. The molecule has 3 rings (SSSR count). The van der Waals surface area contributed by atoms with Gasteiger partial charge in [-0.3, -0.25) is 14.4 Å². The Morgan fingerprint density at radius 1 is 1.14 bits per heavy atom. The largest absolute Gasteiger partial charge is 0.352 e. The minimum absolute atomic E-state index is 0.0718. The van der Waals surface area contributed by atoms with Crippen LogP contribution < -0.4 is 27.0 Å². The Balaban J connectivity index is 1.62. The van der Waals surface area contributed by atoms with E-state index in [0.717, 1.165) is 17.7 Å². The average Bonchev–Trinajstić information content (AvgIpc) is 3.02. The van der Waals surface area contributed by atoms with Gasteiger partial charge in [0.1, 0.15) is 0 Å².